The van der Waals surface area contributed by atoms with E-state index in [-0.39, 0.29) is 11.7 Å². The van der Waals surface area contributed by atoms with Gasteiger partial charge in [-0.05, 0) is 61.5 Å². The number of nitriles is 1. The molecule has 1 aliphatic heterocycles. The molecular formula is C22H21FN4OS. The summed E-state index contributed by atoms with van der Waals surface area (Å²) in [6.45, 7) is 3.48. The number of nitrogens with zero attached hydrogens (tertiary/aromatic N) is 3. The molecule has 148 valence electrons. The number of benzene rings is 2. The molecule has 7 heteroatoms. The van der Waals surface area contributed by atoms with Gasteiger partial charge >= 0.3 is 0 Å². The number of nitrogens with one attached hydrogen (secondary N) is 1. The molecule has 0 aliphatic carbocycles. The SMILES string of the molecule is CC1=C(C(=O)N(C)C)C(c2cccc(C#N)c2)NC(=S)N1c1ccc(C)c(F)c1. The van der Waals surface area contributed by atoms with Crippen LogP contribution in [0.3, 0.4) is 0 Å². The number of halogens is 1. The molecule has 3 rings (SSSR count). The molecule has 0 fully saturated rings. The zero-order valence-electron chi connectivity index (χ0n) is 16.7. The molecule has 1 atom stereocenters. The molecule has 0 aromatic heterocycles. The van der Waals surface area contributed by atoms with Crippen molar-refractivity contribution < 1.29 is 9.18 Å². The molecular weight excluding hydrogens is 387 g/mol. The molecule has 1 heterocycles. The van der Waals surface area contributed by atoms with Crippen molar-refractivity contribution in [3.8, 4) is 6.07 Å². The fourth-order valence-corrected chi connectivity index (χ4v) is 3.69. The third-order valence-electron chi connectivity index (χ3n) is 4.88. The van der Waals surface area contributed by atoms with E-state index in [2.05, 4.69) is 11.4 Å². The van der Waals surface area contributed by atoms with E-state index in [0.29, 0.717) is 33.2 Å². The van der Waals surface area contributed by atoms with Crippen molar-refractivity contribution in [1.29, 1.82) is 5.26 Å². The zero-order chi connectivity index (χ0) is 21.3. The van der Waals surface area contributed by atoms with E-state index in [1.807, 2.05) is 6.07 Å². The molecule has 2 aromatic carbocycles. The lowest BCUT2D eigenvalue weighted by molar-refractivity contribution is -0.125. The summed E-state index contributed by atoms with van der Waals surface area (Å²) in [6, 6.07) is 13.5. The normalized spacial score (nSPS) is 16.3. The molecule has 1 amide bonds. The van der Waals surface area contributed by atoms with Crippen LogP contribution in [0, 0.1) is 24.1 Å². The van der Waals surface area contributed by atoms with Gasteiger partial charge in [0.1, 0.15) is 5.82 Å². The highest BCUT2D eigenvalue weighted by Crippen LogP contribution is 2.35. The van der Waals surface area contributed by atoms with Crippen LogP contribution in [-0.2, 0) is 4.79 Å². The highest BCUT2D eigenvalue weighted by molar-refractivity contribution is 7.80. The van der Waals surface area contributed by atoms with Crippen molar-refractivity contribution in [2.75, 3.05) is 19.0 Å². The van der Waals surface area contributed by atoms with E-state index in [0.717, 1.165) is 5.56 Å². The van der Waals surface area contributed by atoms with Gasteiger partial charge in [-0.15, -0.1) is 0 Å². The molecule has 0 saturated carbocycles. The van der Waals surface area contributed by atoms with Gasteiger partial charge in [0.25, 0.3) is 5.91 Å². The maximum atomic E-state index is 14.2. The number of thiocarbonyl (C=S) groups is 1. The van der Waals surface area contributed by atoms with E-state index < -0.39 is 6.04 Å². The summed E-state index contributed by atoms with van der Waals surface area (Å²) in [6.07, 6.45) is 0. The molecule has 0 radical (unpaired) electrons. The summed E-state index contributed by atoms with van der Waals surface area (Å²) in [5.74, 6) is -0.537. The monoisotopic (exact) mass is 408 g/mol. The highest BCUT2D eigenvalue weighted by Gasteiger charge is 2.35. The van der Waals surface area contributed by atoms with Gasteiger partial charge in [0.2, 0.25) is 0 Å². The third-order valence-corrected chi connectivity index (χ3v) is 5.18. The first kappa shape index (κ1) is 20.5. The number of hydrogen-bond acceptors (Lipinski definition) is 3. The number of amides is 1. The summed E-state index contributed by atoms with van der Waals surface area (Å²) in [5, 5.41) is 12.8. The maximum absolute atomic E-state index is 14.2. The number of hydrogen-bond donors (Lipinski definition) is 1. The molecule has 29 heavy (non-hydrogen) atoms. The fourth-order valence-electron chi connectivity index (χ4n) is 3.33. The van der Waals surface area contributed by atoms with Gasteiger partial charge in [0, 0.05) is 19.8 Å². The van der Waals surface area contributed by atoms with E-state index in [4.69, 9.17) is 12.2 Å². The quantitative estimate of drug-likeness (QED) is 0.783. The second kappa shape index (κ2) is 8.02. The summed E-state index contributed by atoms with van der Waals surface area (Å²) in [5.41, 5.74) is 3.42. The van der Waals surface area contributed by atoms with Gasteiger partial charge in [0.05, 0.1) is 28.9 Å². The van der Waals surface area contributed by atoms with Gasteiger partial charge in [-0.25, -0.2) is 4.39 Å². The standard InChI is InChI=1S/C22H21FN4OS/c1-13-8-9-17(11-18(13)23)27-14(2)19(21(28)26(3)4)20(25-22(27)29)16-7-5-6-15(10-16)12-24/h5-11,20H,1-4H3,(H,25,29). The summed E-state index contributed by atoms with van der Waals surface area (Å²) >= 11 is 5.57. The number of carbonyl (C=O) groups excluding carboxylic acids is 1. The Labute approximate surface area is 175 Å². The Balaban J connectivity index is 2.19. The van der Waals surface area contributed by atoms with Crippen LogP contribution in [-0.4, -0.2) is 30.0 Å². The van der Waals surface area contributed by atoms with E-state index in [1.165, 1.54) is 11.0 Å². The Kier molecular flexibility index (Phi) is 5.66. The largest absolute Gasteiger partial charge is 0.351 e. The maximum Gasteiger partial charge on any atom is 0.253 e. The number of rotatable bonds is 3. The number of likely N-dealkylation sites (N-methyl/N-ethyl adjacent to an activating group) is 1. The van der Waals surface area contributed by atoms with Crippen LogP contribution in [0.1, 0.15) is 29.7 Å². The minimum Gasteiger partial charge on any atom is -0.351 e. The third kappa shape index (κ3) is 3.84. The van der Waals surface area contributed by atoms with Crippen molar-refractivity contribution in [3.63, 3.8) is 0 Å². The lowest BCUT2D eigenvalue weighted by Gasteiger charge is -2.38. The van der Waals surface area contributed by atoms with Gasteiger partial charge < -0.3 is 10.2 Å². The van der Waals surface area contributed by atoms with Crippen molar-refractivity contribution in [2.24, 2.45) is 0 Å². The molecule has 0 spiro atoms. The highest BCUT2D eigenvalue weighted by atomic mass is 32.1. The van der Waals surface area contributed by atoms with Crippen molar-refractivity contribution in [3.05, 3.63) is 76.2 Å². The Bertz CT molecular complexity index is 1070. The van der Waals surface area contributed by atoms with E-state index in [1.54, 1.807) is 63.2 Å². The number of aryl methyl sites for hydroxylation is 1. The molecule has 0 bridgehead atoms. The van der Waals surface area contributed by atoms with Crippen LogP contribution in [0.25, 0.3) is 0 Å². The first-order valence-electron chi connectivity index (χ1n) is 9.04. The first-order chi connectivity index (χ1) is 13.7. The van der Waals surface area contributed by atoms with Crippen molar-refractivity contribution in [1.82, 2.24) is 10.2 Å². The van der Waals surface area contributed by atoms with Crippen molar-refractivity contribution in [2.45, 2.75) is 19.9 Å². The molecule has 0 saturated heterocycles. The Morgan fingerprint density at radius 2 is 1.97 bits per heavy atom. The molecule has 2 aromatic rings. The van der Waals surface area contributed by atoms with E-state index in [9.17, 15) is 14.4 Å². The lowest BCUT2D eigenvalue weighted by Crippen LogP contribution is -2.49. The number of carbonyl (C=O) groups is 1. The minimum absolute atomic E-state index is 0.192. The Hall–Kier alpha value is -3.24. The molecule has 1 N–H and O–H groups in total. The van der Waals surface area contributed by atoms with Crippen LogP contribution < -0.4 is 10.2 Å². The topological polar surface area (TPSA) is 59.4 Å². The predicted octanol–water partition coefficient (Wildman–Crippen LogP) is 3.80. The zero-order valence-corrected chi connectivity index (χ0v) is 17.5. The average molecular weight is 409 g/mol. The van der Waals surface area contributed by atoms with Crippen LogP contribution in [0.15, 0.2) is 53.7 Å². The summed E-state index contributed by atoms with van der Waals surface area (Å²) in [4.78, 5) is 16.2. The van der Waals surface area contributed by atoms with Gasteiger partial charge in [-0.3, -0.25) is 9.69 Å². The van der Waals surface area contributed by atoms with Crippen molar-refractivity contribution >= 4 is 28.9 Å². The van der Waals surface area contributed by atoms with Crippen LogP contribution in [0.2, 0.25) is 0 Å². The van der Waals surface area contributed by atoms with Gasteiger partial charge in [-0.2, -0.15) is 5.26 Å². The van der Waals surface area contributed by atoms with E-state index >= 15 is 0 Å². The minimum atomic E-state index is -0.516. The molecule has 1 aliphatic rings. The predicted molar refractivity (Wildman–Crippen MR) is 115 cm³/mol. The Morgan fingerprint density at radius 3 is 2.59 bits per heavy atom. The Morgan fingerprint density at radius 1 is 1.24 bits per heavy atom. The lowest BCUT2D eigenvalue weighted by atomic mass is 9.93. The molecule has 5 nitrogen and oxygen atoms in total. The first-order valence-corrected chi connectivity index (χ1v) is 9.44. The van der Waals surface area contributed by atoms with Gasteiger partial charge in [0.15, 0.2) is 5.11 Å². The number of anilines is 1. The number of allylic oxidation sites excluding steroid dienone is 1. The van der Waals surface area contributed by atoms with Crippen LogP contribution >= 0.6 is 12.2 Å². The fraction of sp³-hybridized carbons (Fsp3) is 0.227. The summed E-state index contributed by atoms with van der Waals surface area (Å²) < 4.78 is 14.2. The smallest absolute Gasteiger partial charge is 0.253 e. The second-order valence-electron chi connectivity index (χ2n) is 7.09. The second-order valence-corrected chi connectivity index (χ2v) is 7.47. The van der Waals surface area contributed by atoms with Gasteiger partial charge in [-0.1, -0.05) is 18.2 Å². The average Bonchev–Trinajstić information content (AvgIpc) is 2.69. The summed E-state index contributed by atoms with van der Waals surface area (Å²) in [7, 11) is 3.35. The molecule has 1 unspecified atom stereocenters. The van der Waals surface area contributed by atoms with Crippen LogP contribution in [0.4, 0.5) is 10.1 Å². The van der Waals surface area contributed by atoms with Crippen LogP contribution in [0.5, 0.6) is 0 Å².